The monoisotopic (exact) mass is 255 g/mol. The molecule has 3 rings (SSSR count). The standard InChI is InChI=1S/C15H14FN3/c1-10(2)19-9-17-18-15(19)13-7-8-14(16)12-6-4-3-5-11(12)13/h3-10H,1-2H3. The zero-order valence-corrected chi connectivity index (χ0v) is 10.8. The van der Waals surface area contributed by atoms with E-state index in [-0.39, 0.29) is 11.9 Å². The highest BCUT2D eigenvalue weighted by atomic mass is 19.1. The van der Waals surface area contributed by atoms with Crippen molar-refractivity contribution in [2.24, 2.45) is 0 Å². The Bertz CT molecular complexity index is 731. The Labute approximate surface area is 110 Å². The first kappa shape index (κ1) is 11.8. The lowest BCUT2D eigenvalue weighted by atomic mass is 10.0. The Morgan fingerprint density at radius 1 is 1.05 bits per heavy atom. The van der Waals surface area contributed by atoms with Crippen molar-refractivity contribution in [2.45, 2.75) is 19.9 Å². The van der Waals surface area contributed by atoms with Crippen molar-refractivity contribution in [2.75, 3.05) is 0 Å². The predicted molar refractivity (Wildman–Crippen MR) is 73.3 cm³/mol. The molecule has 0 bridgehead atoms. The Morgan fingerprint density at radius 2 is 1.79 bits per heavy atom. The molecule has 0 atom stereocenters. The molecule has 19 heavy (non-hydrogen) atoms. The van der Waals surface area contributed by atoms with Crippen molar-refractivity contribution in [3.8, 4) is 11.4 Å². The largest absolute Gasteiger partial charge is 0.311 e. The molecule has 0 radical (unpaired) electrons. The van der Waals surface area contributed by atoms with Gasteiger partial charge in [0.1, 0.15) is 12.1 Å². The van der Waals surface area contributed by atoms with Gasteiger partial charge in [0.25, 0.3) is 0 Å². The minimum atomic E-state index is -0.213. The quantitative estimate of drug-likeness (QED) is 0.697. The number of rotatable bonds is 2. The van der Waals surface area contributed by atoms with Crippen LogP contribution in [0.2, 0.25) is 0 Å². The highest BCUT2D eigenvalue weighted by molar-refractivity contribution is 5.95. The van der Waals surface area contributed by atoms with Crippen LogP contribution in [0.15, 0.2) is 42.7 Å². The molecule has 96 valence electrons. The number of hydrogen-bond donors (Lipinski definition) is 0. The summed E-state index contributed by atoms with van der Waals surface area (Å²) in [5, 5.41) is 9.61. The molecule has 3 nitrogen and oxygen atoms in total. The van der Waals surface area contributed by atoms with E-state index in [1.165, 1.54) is 6.07 Å². The Balaban J connectivity index is 2.31. The van der Waals surface area contributed by atoms with Crippen LogP contribution < -0.4 is 0 Å². The van der Waals surface area contributed by atoms with Crippen molar-refractivity contribution in [3.05, 3.63) is 48.5 Å². The average molecular weight is 255 g/mol. The van der Waals surface area contributed by atoms with Gasteiger partial charge in [-0.3, -0.25) is 0 Å². The van der Waals surface area contributed by atoms with Crippen molar-refractivity contribution >= 4 is 10.8 Å². The number of halogens is 1. The van der Waals surface area contributed by atoms with Crippen LogP contribution in [0.5, 0.6) is 0 Å². The third-order valence-electron chi connectivity index (χ3n) is 3.24. The van der Waals surface area contributed by atoms with Gasteiger partial charge in [-0.2, -0.15) is 0 Å². The number of hydrogen-bond acceptors (Lipinski definition) is 2. The molecule has 2 aromatic carbocycles. The topological polar surface area (TPSA) is 30.7 Å². The Morgan fingerprint density at radius 3 is 2.53 bits per heavy atom. The molecule has 0 aliphatic heterocycles. The van der Waals surface area contributed by atoms with Gasteiger partial charge in [-0.1, -0.05) is 24.3 Å². The highest BCUT2D eigenvalue weighted by Crippen LogP contribution is 2.30. The molecule has 0 amide bonds. The van der Waals surface area contributed by atoms with Crippen LogP contribution in [0, 0.1) is 5.82 Å². The lowest BCUT2D eigenvalue weighted by Gasteiger charge is -2.12. The predicted octanol–water partition coefficient (Wildman–Crippen LogP) is 3.82. The smallest absolute Gasteiger partial charge is 0.164 e. The molecule has 0 N–H and O–H groups in total. The van der Waals surface area contributed by atoms with Gasteiger partial charge in [-0.15, -0.1) is 10.2 Å². The summed E-state index contributed by atoms with van der Waals surface area (Å²) in [4.78, 5) is 0. The molecule has 0 aliphatic rings. The summed E-state index contributed by atoms with van der Waals surface area (Å²) in [6.45, 7) is 4.14. The fraction of sp³-hybridized carbons (Fsp3) is 0.200. The zero-order valence-electron chi connectivity index (χ0n) is 10.8. The molecule has 0 fully saturated rings. The Kier molecular flexibility index (Phi) is 2.78. The molecular weight excluding hydrogens is 241 g/mol. The van der Waals surface area contributed by atoms with Crippen LogP contribution in [0.25, 0.3) is 22.2 Å². The maximum Gasteiger partial charge on any atom is 0.164 e. The van der Waals surface area contributed by atoms with E-state index in [9.17, 15) is 4.39 Å². The summed E-state index contributed by atoms with van der Waals surface area (Å²) in [6.07, 6.45) is 1.71. The fourth-order valence-corrected chi connectivity index (χ4v) is 2.27. The van der Waals surface area contributed by atoms with Crippen molar-refractivity contribution in [1.29, 1.82) is 0 Å². The maximum absolute atomic E-state index is 13.8. The van der Waals surface area contributed by atoms with Crippen molar-refractivity contribution in [3.63, 3.8) is 0 Å². The molecular formula is C15H14FN3. The van der Waals surface area contributed by atoms with Gasteiger partial charge < -0.3 is 4.57 Å². The molecule has 0 spiro atoms. The lowest BCUT2D eigenvalue weighted by Crippen LogP contribution is -2.02. The molecule has 1 heterocycles. The van der Waals surface area contributed by atoms with Crippen LogP contribution in [0.4, 0.5) is 4.39 Å². The first-order valence-electron chi connectivity index (χ1n) is 6.25. The third kappa shape index (κ3) is 1.89. The van der Waals surface area contributed by atoms with Gasteiger partial charge in [0, 0.05) is 17.0 Å². The van der Waals surface area contributed by atoms with E-state index >= 15 is 0 Å². The first-order valence-corrected chi connectivity index (χ1v) is 6.25. The van der Waals surface area contributed by atoms with Gasteiger partial charge >= 0.3 is 0 Å². The Hall–Kier alpha value is -2.23. The van der Waals surface area contributed by atoms with E-state index in [4.69, 9.17) is 0 Å². The van der Waals surface area contributed by atoms with Gasteiger partial charge in [0.15, 0.2) is 5.82 Å². The number of benzene rings is 2. The summed E-state index contributed by atoms with van der Waals surface area (Å²) in [5.74, 6) is 0.557. The van der Waals surface area contributed by atoms with E-state index in [1.807, 2.05) is 22.8 Å². The van der Waals surface area contributed by atoms with Crippen molar-refractivity contribution in [1.82, 2.24) is 14.8 Å². The molecule has 0 saturated carbocycles. The van der Waals surface area contributed by atoms with E-state index < -0.39 is 0 Å². The van der Waals surface area contributed by atoms with Crippen LogP contribution in [0.1, 0.15) is 19.9 Å². The summed E-state index contributed by atoms with van der Waals surface area (Å²) in [5.41, 5.74) is 0.906. The normalized spacial score (nSPS) is 11.4. The van der Waals surface area contributed by atoms with E-state index in [0.717, 1.165) is 16.8 Å². The second-order valence-corrected chi connectivity index (χ2v) is 4.80. The molecule has 1 aromatic heterocycles. The van der Waals surface area contributed by atoms with Crippen LogP contribution >= 0.6 is 0 Å². The van der Waals surface area contributed by atoms with Crippen LogP contribution in [-0.2, 0) is 0 Å². The second-order valence-electron chi connectivity index (χ2n) is 4.80. The van der Waals surface area contributed by atoms with E-state index in [0.29, 0.717) is 5.39 Å². The summed E-state index contributed by atoms with van der Waals surface area (Å²) in [6, 6.07) is 10.9. The minimum absolute atomic E-state index is 0.213. The van der Waals surface area contributed by atoms with Crippen LogP contribution in [0.3, 0.4) is 0 Å². The molecule has 3 aromatic rings. The first-order chi connectivity index (χ1) is 9.18. The molecule has 0 unspecified atom stereocenters. The fourth-order valence-electron chi connectivity index (χ4n) is 2.27. The van der Waals surface area contributed by atoms with Gasteiger partial charge in [0.2, 0.25) is 0 Å². The zero-order chi connectivity index (χ0) is 13.4. The highest BCUT2D eigenvalue weighted by Gasteiger charge is 2.14. The van der Waals surface area contributed by atoms with Gasteiger partial charge in [0.05, 0.1) is 0 Å². The molecule has 4 heteroatoms. The minimum Gasteiger partial charge on any atom is -0.311 e. The maximum atomic E-state index is 13.8. The molecule has 0 aliphatic carbocycles. The van der Waals surface area contributed by atoms with E-state index in [1.54, 1.807) is 18.5 Å². The van der Waals surface area contributed by atoms with Gasteiger partial charge in [-0.05, 0) is 31.4 Å². The SMILES string of the molecule is CC(C)n1cnnc1-c1ccc(F)c2ccccc12. The summed E-state index contributed by atoms with van der Waals surface area (Å²) in [7, 11) is 0. The van der Waals surface area contributed by atoms with Crippen molar-refractivity contribution < 1.29 is 4.39 Å². The summed E-state index contributed by atoms with van der Waals surface area (Å²) >= 11 is 0. The number of aromatic nitrogens is 3. The van der Waals surface area contributed by atoms with E-state index in [2.05, 4.69) is 24.0 Å². The number of fused-ring (bicyclic) bond motifs is 1. The third-order valence-corrected chi connectivity index (χ3v) is 3.24. The molecule has 0 saturated heterocycles. The number of nitrogens with zero attached hydrogens (tertiary/aromatic N) is 3. The summed E-state index contributed by atoms with van der Waals surface area (Å²) < 4.78 is 15.8. The van der Waals surface area contributed by atoms with Gasteiger partial charge in [-0.25, -0.2) is 4.39 Å². The average Bonchev–Trinajstić information content (AvgIpc) is 2.89. The second kappa shape index (κ2) is 4.46. The van der Waals surface area contributed by atoms with Crippen LogP contribution in [-0.4, -0.2) is 14.8 Å². The lowest BCUT2D eigenvalue weighted by molar-refractivity contribution is 0.604.